The van der Waals surface area contributed by atoms with Gasteiger partial charge in [-0.2, -0.15) is 0 Å². The van der Waals surface area contributed by atoms with Gasteiger partial charge < -0.3 is 5.32 Å². The summed E-state index contributed by atoms with van der Waals surface area (Å²) in [6.07, 6.45) is 0. The fraction of sp³-hybridized carbons (Fsp3) is 0.182. The van der Waals surface area contributed by atoms with Crippen LogP contribution >= 0.6 is 0 Å². The number of amides is 1. The van der Waals surface area contributed by atoms with Gasteiger partial charge in [0.25, 0.3) is 0 Å². The molecular weight excluding hydrogens is 324 g/mol. The number of benzene rings is 3. The van der Waals surface area contributed by atoms with E-state index >= 15 is 0 Å². The number of anilines is 1. The lowest BCUT2D eigenvalue weighted by Gasteiger charge is -2.17. The second-order valence-corrected chi connectivity index (χ2v) is 6.54. The van der Waals surface area contributed by atoms with Gasteiger partial charge in [-0.3, -0.25) is 14.5 Å². The average molecular weight is 346 g/mol. The van der Waals surface area contributed by atoms with Crippen molar-refractivity contribution in [1.82, 2.24) is 4.90 Å². The Morgan fingerprint density at radius 2 is 1.62 bits per heavy atom. The van der Waals surface area contributed by atoms with Crippen LogP contribution in [0, 0.1) is 0 Å². The van der Waals surface area contributed by atoms with E-state index in [1.54, 1.807) is 24.3 Å². The van der Waals surface area contributed by atoms with E-state index in [1.807, 2.05) is 24.1 Å². The summed E-state index contributed by atoms with van der Waals surface area (Å²) in [5.41, 5.74) is 2.50. The maximum atomic E-state index is 12.2. The number of Topliss-reactive ketones (excluding diaryl/α,β-unsaturated/α-hetero) is 1. The maximum Gasteiger partial charge on any atom is 0.238 e. The highest BCUT2D eigenvalue weighted by atomic mass is 16.2. The Balaban J connectivity index is 1.57. The third kappa shape index (κ3) is 4.55. The molecule has 0 heterocycles. The number of likely N-dealkylation sites (N-methyl/N-ethyl adjacent to an activating group) is 1. The summed E-state index contributed by atoms with van der Waals surface area (Å²) in [5.74, 6) is -0.0677. The Morgan fingerprint density at radius 1 is 0.923 bits per heavy atom. The largest absolute Gasteiger partial charge is 0.325 e. The second kappa shape index (κ2) is 7.93. The average Bonchev–Trinajstić information content (AvgIpc) is 2.61. The molecule has 0 bridgehead atoms. The van der Waals surface area contributed by atoms with Gasteiger partial charge in [-0.15, -0.1) is 0 Å². The molecule has 3 aromatic rings. The topological polar surface area (TPSA) is 49.4 Å². The Morgan fingerprint density at radius 3 is 2.31 bits per heavy atom. The smallest absolute Gasteiger partial charge is 0.238 e. The van der Waals surface area contributed by atoms with Gasteiger partial charge in [-0.05, 0) is 60.6 Å². The Labute approximate surface area is 153 Å². The van der Waals surface area contributed by atoms with Gasteiger partial charge in [0.15, 0.2) is 5.78 Å². The molecule has 0 aromatic heterocycles. The van der Waals surface area contributed by atoms with Crippen molar-refractivity contribution in [3.8, 4) is 0 Å². The van der Waals surface area contributed by atoms with Crippen LogP contribution in [0.4, 0.5) is 5.69 Å². The van der Waals surface area contributed by atoms with Crippen LogP contribution in [0.2, 0.25) is 0 Å². The zero-order chi connectivity index (χ0) is 18.5. The molecule has 0 aliphatic rings. The molecule has 0 spiro atoms. The summed E-state index contributed by atoms with van der Waals surface area (Å²) in [5, 5.41) is 5.28. The molecule has 0 saturated heterocycles. The molecule has 0 aliphatic carbocycles. The number of nitrogens with zero attached hydrogens (tertiary/aromatic N) is 1. The van der Waals surface area contributed by atoms with Crippen molar-refractivity contribution in [2.75, 3.05) is 18.9 Å². The number of hydrogen-bond acceptors (Lipinski definition) is 3. The van der Waals surface area contributed by atoms with Crippen molar-refractivity contribution in [1.29, 1.82) is 0 Å². The first kappa shape index (κ1) is 17.8. The van der Waals surface area contributed by atoms with E-state index in [1.165, 1.54) is 23.3 Å². The van der Waals surface area contributed by atoms with E-state index in [4.69, 9.17) is 0 Å². The molecule has 0 aliphatic heterocycles. The molecule has 4 nitrogen and oxygen atoms in total. The van der Waals surface area contributed by atoms with Crippen LogP contribution in [0.3, 0.4) is 0 Å². The van der Waals surface area contributed by atoms with Crippen LogP contribution in [0.25, 0.3) is 10.8 Å². The van der Waals surface area contributed by atoms with Crippen LogP contribution < -0.4 is 5.32 Å². The molecule has 3 aromatic carbocycles. The highest BCUT2D eigenvalue weighted by Crippen LogP contribution is 2.16. The van der Waals surface area contributed by atoms with Gasteiger partial charge in [-0.25, -0.2) is 0 Å². The van der Waals surface area contributed by atoms with Crippen molar-refractivity contribution >= 4 is 28.2 Å². The number of nitrogens with one attached hydrogen (secondary N) is 1. The molecule has 1 N–H and O–H groups in total. The van der Waals surface area contributed by atoms with E-state index in [-0.39, 0.29) is 11.7 Å². The number of rotatable bonds is 6. The number of carbonyl (C=O) groups excluding carboxylic acids is 2. The zero-order valence-corrected chi connectivity index (χ0v) is 15.0. The molecule has 0 saturated carbocycles. The fourth-order valence-electron chi connectivity index (χ4n) is 2.94. The third-order valence-corrected chi connectivity index (χ3v) is 4.26. The summed E-state index contributed by atoms with van der Waals surface area (Å²) in [7, 11) is 1.92. The highest BCUT2D eigenvalue weighted by molar-refractivity contribution is 5.96. The summed E-state index contributed by atoms with van der Waals surface area (Å²) < 4.78 is 0. The molecule has 1 amide bonds. The minimum absolute atomic E-state index is 0.0120. The quantitative estimate of drug-likeness (QED) is 0.683. The van der Waals surface area contributed by atoms with Gasteiger partial charge in [0.2, 0.25) is 5.91 Å². The summed E-state index contributed by atoms with van der Waals surface area (Å²) in [4.78, 5) is 25.5. The number of fused-ring (bicyclic) bond motifs is 1. The lowest BCUT2D eigenvalue weighted by Crippen LogP contribution is -2.29. The van der Waals surface area contributed by atoms with Crippen LogP contribution in [0.5, 0.6) is 0 Å². The van der Waals surface area contributed by atoms with E-state index in [0.29, 0.717) is 24.3 Å². The molecule has 4 heteroatoms. The van der Waals surface area contributed by atoms with Crippen molar-refractivity contribution in [3.63, 3.8) is 0 Å². The minimum atomic E-state index is -0.0798. The van der Waals surface area contributed by atoms with Gasteiger partial charge in [0, 0.05) is 17.8 Å². The molecule has 0 atom stereocenters. The van der Waals surface area contributed by atoms with Gasteiger partial charge in [-0.1, -0.05) is 36.4 Å². The van der Waals surface area contributed by atoms with Crippen molar-refractivity contribution in [3.05, 3.63) is 77.9 Å². The number of ketones is 1. The standard InChI is InChI=1S/C22H22N2O2/c1-16(25)18-9-11-21(12-10-18)23-22(26)15-24(2)14-17-7-8-19-5-3-4-6-20(19)13-17/h3-13H,14-15H2,1-2H3,(H,23,26). The first-order valence-corrected chi connectivity index (χ1v) is 8.58. The normalized spacial score (nSPS) is 10.9. The SMILES string of the molecule is CC(=O)c1ccc(NC(=O)CN(C)Cc2ccc3ccccc3c2)cc1. The molecular formula is C22H22N2O2. The highest BCUT2D eigenvalue weighted by Gasteiger charge is 2.08. The van der Waals surface area contributed by atoms with E-state index in [2.05, 4.69) is 35.6 Å². The third-order valence-electron chi connectivity index (χ3n) is 4.26. The fourth-order valence-corrected chi connectivity index (χ4v) is 2.94. The lowest BCUT2D eigenvalue weighted by molar-refractivity contribution is -0.117. The molecule has 0 unspecified atom stereocenters. The van der Waals surface area contributed by atoms with Crippen molar-refractivity contribution in [2.45, 2.75) is 13.5 Å². The van der Waals surface area contributed by atoms with Crippen LogP contribution in [-0.2, 0) is 11.3 Å². The summed E-state index contributed by atoms with van der Waals surface area (Å²) in [6.45, 7) is 2.51. The lowest BCUT2D eigenvalue weighted by atomic mass is 10.1. The molecule has 132 valence electrons. The van der Waals surface area contributed by atoms with Gasteiger partial charge >= 0.3 is 0 Å². The molecule has 0 radical (unpaired) electrons. The van der Waals surface area contributed by atoms with Crippen LogP contribution in [-0.4, -0.2) is 30.2 Å². The Hall–Kier alpha value is -2.98. The molecule has 3 rings (SSSR count). The summed E-state index contributed by atoms with van der Waals surface area (Å²) >= 11 is 0. The second-order valence-electron chi connectivity index (χ2n) is 6.54. The Bertz CT molecular complexity index is 932. The van der Waals surface area contributed by atoms with Crippen LogP contribution in [0.1, 0.15) is 22.8 Å². The predicted molar refractivity (Wildman–Crippen MR) is 105 cm³/mol. The Kier molecular flexibility index (Phi) is 5.44. The summed E-state index contributed by atoms with van der Waals surface area (Å²) in [6, 6.07) is 21.5. The van der Waals surface area contributed by atoms with Crippen molar-refractivity contribution < 1.29 is 9.59 Å². The monoisotopic (exact) mass is 346 g/mol. The van der Waals surface area contributed by atoms with Gasteiger partial charge in [0.05, 0.1) is 6.54 Å². The predicted octanol–water partition coefficient (Wildman–Crippen LogP) is 4.11. The minimum Gasteiger partial charge on any atom is -0.325 e. The molecule has 0 fully saturated rings. The zero-order valence-electron chi connectivity index (χ0n) is 15.0. The molecule has 26 heavy (non-hydrogen) atoms. The van der Waals surface area contributed by atoms with E-state index in [0.717, 1.165) is 0 Å². The van der Waals surface area contributed by atoms with Crippen molar-refractivity contribution in [2.24, 2.45) is 0 Å². The van der Waals surface area contributed by atoms with E-state index < -0.39 is 0 Å². The first-order valence-electron chi connectivity index (χ1n) is 8.58. The number of hydrogen-bond donors (Lipinski definition) is 1. The number of carbonyl (C=O) groups is 2. The maximum absolute atomic E-state index is 12.2. The van der Waals surface area contributed by atoms with Crippen LogP contribution in [0.15, 0.2) is 66.7 Å². The van der Waals surface area contributed by atoms with E-state index in [9.17, 15) is 9.59 Å². The van der Waals surface area contributed by atoms with Gasteiger partial charge in [0.1, 0.15) is 0 Å². The first-order chi connectivity index (χ1) is 12.5.